The van der Waals surface area contributed by atoms with Crippen LogP contribution in [0, 0.1) is 0 Å². The molecule has 0 aliphatic rings. The molecule has 1 N–H and O–H groups in total. The average Bonchev–Trinajstić information content (AvgIpc) is 2.88. The van der Waals surface area contributed by atoms with Gasteiger partial charge in [-0.1, -0.05) is 59.6 Å². The zero-order valence-electron chi connectivity index (χ0n) is 19.7. The van der Waals surface area contributed by atoms with Crippen LogP contribution in [-0.4, -0.2) is 28.4 Å². The summed E-state index contributed by atoms with van der Waals surface area (Å²) in [7, 11) is 0. The molecule has 4 aromatic rings. The fraction of sp³-hybridized carbons (Fsp3) is 0.185. The average molecular weight is 568 g/mol. The molecule has 1 atom stereocenters. The Hall–Kier alpha value is -3.49. The maximum Gasteiger partial charge on any atom is 0.282 e. The van der Waals surface area contributed by atoms with Gasteiger partial charge >= 0.3 is 0 Å². The molecule has 36 heavy (non-hydrogen) atoms. The van der Waals surface area contributed by atoms with Gasteiger partial charge in [0, 0.05) is 16.1 Å². The highest BCUT2D eigenvalue weighted by Crippen LogP contribution is 2.25. The van der Waals surface area contributed by atoms with E-state index in [4.69, 9.17) is 21.3 Å². The molecule has 3 aromatic carbocycles. The van der Waals surface area contributed by atoms with E-state index in [1.54, 1.807) is 42.6 Å². The Kier molecular flexibility index (Phi) is 8.18. The van der Waals surface area contributed by atoms with Crippen LogP contribution in [0.4, 0.5) is 5.69 Å². The Balaban J connectivity index is 1.54. The topological polar surface area (TPSA) is 85.6 Å². The zero-order chi connectivity index (χ0) is 25.7. The molecule has 184 valence electrons. The first kappa shape index (κ1) is 25.6. The molecular formula is C27H24BrClN4O3. The molecule has 0 bridgehead atoms. The molecular weight excluding hydrogens is 544 g/mol. The van der Waals surface area contributed by atoms with E-state index in [-0.39, 0.29) is 24.0 Å². The number of para-hydroxylation sites is 1. The quantitative estimate of drug-likeness (QED) is 0.256. The van der Waals surface area contributed by atoms with Crippen LogP contribution >= 0.6 is 27.5 Å². The van der Waals surface area contributed by atoms with Crippen LogP contribution in [-0.2, 0) is 4.79 Å². The fourth-order valence-corrected chi connectivity index (χ4v) is 4.08. The van der Waals surface area contributed by atoms with Crippen molar-refractivity contribution in [1.29, 1.82) is 0 Å². The highest BCUT2D eigenvalue weighted by Gasteiger charge is 2.16. The number of amides is 1. The molecule has 0 saturated carbocycles. The number of anilines is 1. The van der Waals surface area contributed by atoms with Crippen LogP contribution in [0.2, 0.25) is 5.02 Å². The van der Waals surface area contributed by atoms with Crippen molar-refractivity contribution < 1.29 is 9.53 Å². The Morgan fingerprint density at radius 3 is 2.69 bits per heavy atom. The number of carbonyl (C=O) groups excluding carboxylic acids is 1. The predicted octanol–water partition coefficient (Wildman–Crippen LogP) is 6.23. The summed E-state index contributed by atoms with van der Waals surface area (Å²) >= 11 is 9.80. The van der Waals surface area contributed by atoms with E-state index in [1.807, 2.05) is 44.2 Å². The van der Waals surface area contributed by atoms with Gasteiger partial charge in [0.25, 0.3) is 11.5 Å². The number of hydrogen-bond donors (Lipinski definition) is 1. The molecule has 4 rings (SSSR count). The molecule has 0 aliphatic heterocycles. The second-order valence-electron chi connectivity index (χ2n) is 8.20. The minimum atomic E-state index is -0.296. The molecule has 0 aliphatic carbocycles. The lowest BCUT2D eigenvalue weighted by Gasteiger charge is -2.14. The lowest BCUT2D eigenvalue weighted by Crippen LogP contribution is -2.23. The highest BCUT2D eigenvalue weighted by atomic mass is 79.9. The monoisotopic (exact) mass is 566 g/mol. The molecule has 7 nitrogen and oxygen atoms in total. The number of nitrogens with zero attached hydrogens (tertiary/aromatic N) is 3. The van der Waals surface area contributed by atoms with Gasteiger partial charge in [-0.3, -0.25) is 9.59 Å². The molecule has 0 unspecified atom stereocenters. The van der Waals surface area contributed by atoms with E-state index in [0.29, 0.717) is 38.8 Å². The van der Waals surface area contributed by atoms with E-state index < -0.39 is 0 Å². The fourth-order valence-electron chi connectivity index (χ4n) is 3.48. The first-order valence-corrected chi connectivity index (χ1v) is 12.6. The third-order valence-electron chi connectivity index (χ3n) is 5.58. The molecule has 0 fully saturated rings. The summed E-state index contributed by atoms with van der Waals surface area (Å²) in [5, 5.41) is 8.00. The van der Waals surface area contributed by atoms with Gasteiger partial charge in [0.1, 0.15) is 11.6 Å². The first-order chi connectivity index (χ1) is 17.4. The second kappa shape index (κ2) is 11.5. The van der Waals surface area contributed by atoms with E-state index in [2.05, 4.69) is 26.3 Å². The van der Waals surface area contributed by atoms with Crippen molar-refractivity contribution in [3.63, 3.8) is 0 Å². The Morgan fingerprint density at radius 1 is 1.19 bits per heavy atom. The van der Waals surface area contributed by atoms with Gasteiger partial charge in [-0.2, -0.15) is 9.78 Å². The van der Waals surface area contributed by atoms with Crippen molar-refractivity contribution in [1.82, 2.24) is 9.66 Å². The minimum Gasteiger partial charge on any atom is -0.482 e. The number of rotatable bonds is 8. The molecule has 1 heterocycles. The number of aromatic nitrogens is 2. The summed E-state index contributed by atoms with van der Waals surface area (Å²) in [6, 6.07) is 19.6. The predicted molar refractivity (Wildman–Crippen MR) is 147 cm³/mol. The third-order valence-corrected chi connectivity index (χ3v) is 6.37. The maximum absolute atomic E-state index is 13.2. The summed E-state index contributed by atoms with van der Waals surface area (Å²) < 4.78 is 7.71. The van der Waals surface area contributed by atoms with Gasteiger partial charge in [-0.05, 0) is 60.5 Å². The second-order valence-corrected chi connectivity index (χ2v) is 9.52. The van der Waals surface area contributed by atoms with Gasteiger partial charge in [-0.15, -0.1) is 0 Å². The van der Waals surface area contributed by atoms with Crippen molar-refractivity contribution in [3.8, 4) is 5.75 Å². The number of benzene rings is 3. The van der Waals surface area contributed by atoms with Crippen LogP contribution in [0.15, 0.2) is 81.1 Å². The lowest BCUT2D eigenvalue weighted by atomic mass is 10.1. The van der Waals surface area contributed by atoms with Gasteiger partial charge in [0.15, 0.2) is 6.61 Å². The molecule has 1 aromatic heterocycles. The molecule has 0 saturated heterocycles. The van der Waals surface area contributed by atoms with Crippen molar-refractivity contribution in [2.24, 2.45) is 5.10 Å². The van der Waals surface area contributed by atoms with Crippen LogP contribution in [0.1, 0.15) is 37.6 Å². The SMILES string of the molecule is CC[C@H](C)c1nc2ccc(Br)cc2c(=O)n1N=Cc1ccc(OCC(=O)Nc2ccccc2)c(Cl)c1. The molecule has 9 heteroatoms. The summed E-state index contributed by atoms with van der Waals surface area (Å²) in [6.07, 6.45) is 2.36. The molecule has 0 spiro atoms. The Labute approximate surface area is 221 Å². The summed E-state index contributed by atoms with van der Waals surface area (Å²) in [6.45, 7) is 3.86. The zero-order valence-corrected chi connectivity index (χ0v) is 22.1. The van der Waals surface area contributed by atoms with Crippen LogP contribution in [0.25, 0.3) is 10.9 Å². The number of carbonyl (C=O) groups is 1. The molecule has 0 radical (unpaired) electrons. The Bertz CT molecular complexity index is 1490. The number of hydrogen-bond acceptors (Lipinski definition) is 5. The van der Waals surface area contributed by atoms with Gasteiger partial charge in [0.05, 0.1) is 22.1 Å². The standard InChI is InChI=1S/C27H24BrClN4O3/c1-3-17(2)26-32-23-11-10-19(28)14-21(23)27(35)33(26)30-15-18-9-12-24(22(29)13-18)36-16-25(34)31-20-7-5-4-6-8-20/h4-15,17H,3,16H2,1-2H3,(H,31,34)/t17-/m0/s1. The minimum absolute atomic E-state index is 0.0318. The van der Waals surface area contributed by atoms with E-state index in [1.165, 1.54) is 4.68 Å². The van der Waals surface area contributed by atoms with Crippen LogP contribution in [0.5, 0.6) is 5.75 Å². The van der Waals surface area contributed by atoms with Crippen LogP contribution < -0.4 is 15.6 Å². The number of halogens is 2. The van der Waals surface area contributed by atoms with E-state index in [0.717, 1.165) is 10.9 Å². The number of nitrogens with one attached hydrogen (secondary N) is 1. The number of ether oxygens (including phenoxy) is 1. The lowest BCUT2D eigenvalue weighted by molar-refractivity contribution is -0.118. The number of fused-ring (bicyclic) bond motifs is 1. The van der Waals surface area contributed by atoms with Crippen molar-refractivity contribution in [2.75, 3.05) is 11.9 Å². The van der Waals surface area contributed by atoms with Gasteiger partial charge in [0.2, 0.25) is 0 Å². The van der Waals surface area contributed by atoms with Crippen LogP contribution in [0.3, 0.4) is 0 Å². The largest absolute Gasteiger partial charge is 0.482 e. The molecule has 1 amide bonds. The Morgan fingerprint density at radius 2 is 1.97 bits per heavy atom. The summed E-state index contributed by atoms with van der Waals surface area (Å²) in [5.41, 5.74) is 1.73. The normalized spacial score (nSPS) is 12.1. The van der Waals surface area contributed by atoms with Crippen molar-refractivity contribution >= 4 is 56.2 Å². The third kappa shape index (κ3) is 6.01. The van der Waals surface area contributed by atoms with E-state index in [9.17, 15) is 9.59 Å². The maximum atomic E-state index is 13.2. The highest BCUT2D eigenvalue weighted by molar-refractivity contribution is 9.10. The summed E-state index contributed by atoms with van der Waals surface area (Å²) in [4.78, 5) is 30.1. The van der Waals surface area contributed by atoms with E-state index >= 15 is 0 Å². The first-order valence-electron chi connectivity index (χ1n) is 11.4. The smallest absolute Gasteiger partial charge is 0.282 e. The summed E-state index contributed by atoms with van der Waals surface area (Å²) in [5.74, 6) is 0.690. The van der Waals surface area contributed by atoms with Crippen molar-refractivity contribution in [2.45, 2.75) is 26.2 Å². The van der Waals surface area contributed by atoms with Gasteiger partial charge in [-0.25, -0.2) is 4.98 Å². The van der Waals surface area contributed by atoms with Gasteiger partial charge < -0.3 is 10.1 Å². The van der Waals surface area contributed by atoms with Crippen molar-refractivity contribution in [3.05, 3.63) is 98.0 Å².